The predicted molar refractivity (Wildman–Crippen MR) is 65.1 cm³/mol. The highest BCUT2D eigenvalue weighted by molar-refractivity contribution is 5.82. The second-order valence-corrected chi connectivity index (χ2v) is 4.84. The fraction of sp³-hybridized carbons (Fsp3) is 0.500. The summed E-state index contributed by atoms with van der Waals surface area (Å²) >= 11 is 0. The van der Waals surface area contributed by atoms with Crippen molar-refractivity contribution >= 4 is 5.78 Å². The zero-order valence-corrected chi connectivity index (χ0v) is 10.0. The SMILES string of the molecule is C[C@@H]1CN(Cc2ccccc2)[C@H](C)CC1=O. The molecule has 0 bridgehead atoms. The maximum Gasteiger partial charge on any atom is 0.138 e. The molecule has 2 atom stereocenters. The predicted octanol–water partition coefficient (Wildman–Crippen LogP) is 2.49. The minimum Gasteiger partial charge on any atom is -0.299 e. The number of Topliss-reactive ketones (excluding diaryl/α,β-unsaturated/α-hetero) is 1. The van der Waals surface area contributed by atoms with Gasteiger partial charge in [-0.2, -0.15) is 0 Å². The summed E-state index contributed by atoms with van der Waals surface area (Å²) in [5.74, 6) is 0.608. The Labute approximate surface area is 97.3 Å². The number of benzene rings is 1. The molecule has 86 valence electrons. The van der Waals surface area contributed by atoms with Gasteiger partial charge in [0.25, 0.3) is 0 Å². The number of nitrogens with zero attached hydrogens (tertiary/aromatic N) is 1. The zero-order chi connectivity index (χ0) is 11.5. The molecule has 2 heteroatoms. The van der Waals surface area contributed by atoms with Crippen LogP contribution in [0.1, 0.15) is 25.8 Å². The van der Waals surface area contributed by atoms with Crippen molar-refractivity contribution in [2.45, 2.75) is 32.9 Å². The number of hydrogen-bond donors (Lipinski definition) is 0. The Kier molecular flexibility index (Phi) is 3.39. The molecule has 0 aromatic heterocycles. The van der Waals surface area contributed by atoms with E-state index in [4.69, 9.17) is 0 Å². The Bertz CT molecular complexity index is 360. The quantitative estimate of drug-likeness (QED) is 0.758. The van der Waals surface area contributed by atoms with Crippen LogP contribution >= 0.6 is 0 Å². The zero-order valence-electron chi connectivity index (χ0n) is 10.0. The molecular formula is C14H19NO. The van der Waals surface area contributed by atoms with Gasteiger partial charge in [0, 0.05) is 31.5 Å². The lowest BCUT2D eigenvalue weighted by Gasteiger charge is -2.35. The summed E-state index contributed by atoms with van der Waals surface area (Å²) in [5.41, 5.74) is 1.33. The molecule has 1 saturated heterocycles. The monoisotopic (exact) mass is 217 g/mol. The number of piperidine rings is 1. The number of rotatable bonds is 2. The first-order valence-corrected chi connectivity index (χ1v) is 5.97. The Morgan fingerprint density at radius 3 is 2.62 bits per heavy atom. The summed E-state index contributed by atoms with van der Waals surface area (Å²) in [6, 6.07) is 10.8. The lowest BCUT2D eigenvalue weighted by atomic mass is 9.93. The number of hydrogen-bond acceptors (Lipinski definition) is 2. The summed E-state index contributed by atoms with van der Waals surface area (Å²) in [6.45, 7) is 6.04. The van der Waals surface area contributed by atoms with Gasteiger partial charge in [0.15, 0.2) is 0 Å². The molecule has 1 aliphatic heterocycles. The van der Waals surface area contributed by atoms with Crippen molar-refractivity contribution in [2.75, 3.05) is 6.54 Å². The highest BCUT2D eigenvalue weighted by atomic mass is 16.1. The second-order valence-electron chi connectivity index (χ2n) is 4.84. The van der Waals surface area contributed by atoms with Crippen molar-refractivity contribution in [3.63, 3.8) is 0 Å². The van der Waals surface area contributed by atoms with Crippen LogP contribution in [-0.2, 0) is 11.3 Å². The summed E-state index contributed by atoms with van der Waals surface area (Å²) < 4.78 is 0. The smallest absolute Gasteiger partial charge is 0.138 e. The fourth-order valence-corrected chi connectivity index (χ4v) is 2.29. The van der Waals surface area contributed by atoms with Crippen LogP contribution in [0.15, 0.2) is 30.3 Å². The third kappa shape index (κ3) is 2.50. The van der Waals surface area contributed by atoms with Gasteiger partial charge in [-0.3, -0.25) is 9.69 Å². The van der Waals surface area contributed by atoms with E-state index in [1.54, 1.807) is 0 Å². The third-order valence-electron chi connectivity index (χ3n) is 3.41. The van der Waals surface area contributed by atoms with Crippen LogP contribution in [0.25, 0.3) is 0 Å². The van der Waals surface area contributed by atoms with Crippen LogP contribution in [0.2, 0.25) is 0 Å². The van der Waals surface area contributed by atoms with Gasteiger partial charge in [-0.15, -0.1) is 0 Å². The Morgan fingerprint density at radius 2 is 1.94 bits per heavy atom. The van der Waals surface area contributed by atoms with Gasteiger partial charge >= 0.3 is 0 Å². The minimum absolute atomic E-state index is 0.194. The topological polar surface area (TPSA) is 20.3 Å². The van der Waals surface area contributed by atoms with Crippen molar-refractivity contribution in [1.82, 2.24) is 4.90 Å². The molecule has 1 aromatic carbocycles. The number of likely N-dealkylation sites (tertiary alicyclic amines) is 1. The standard InChI is InChI=1S/C14H19NO/c1-11-9-15(12(2)8-14(11)16)10-13-6-4-3-5-7-13/h3-7,11-12H,8-10H2,1-2H3/t11-,12-/m1/s1. The van der Waals surface area contributed by atoms with E-state index in [0.717, 1.165) is 13.1 Å². The van der Waals surface area contributed by atoms with Gasteiger partial charge < -0.3 is 0 Å². The molecule has 1 fully saturated rings. The molecule has 16 heavy (non-hydrogen) atoms. The molecule has 0 unspecified atom stereocenters. The molecule has 0 N–H and O–H groups in total. The largest absolute Gasteiger partial charge is 0.299 e. The second kappa shape index (κ2) is 4.79. The number of carbonyl (C=O) groups excluding carboxylic acids is 1. The molecule has 2 rings (SSSR count). The van der Waals surface area contributed by atoms with E-state index in [1.165, 1.54) is 5.56 Å². The molecule has 2 nitrogen and oxygen atoms in total. The van der Waals surface area contributed by atoms with Crippen LogP contribution in [-0.4, -0.2) is 23.3 Å². The van der Waals surface area contributed by atoms with Gasteiger partial charge in [-0.1, -0.05) is 37.3 Å². The van der Waals surface area contributed by atoms with E-state index in [2.05, 4.69) is 36.1 Å². The molecular weight excluding hydrogens is 198 g/mol. The first-order chi connectivity index (χ1) is 7.66. The van der Waals surface area contributed by atoms with Crippen molar-refractivity contribution in [3.05, 3.63) is 35.9 Å². The molecule has 1 aromatic rings. The summed E-state index contributed by atoms with van der Waals surface area (Å²) in [5, 5.41) is 0. The van der Waals surface area contributed by atoms with Crippen molar-refractivity contribution in [1.29, 1.82) is 0 Å². The van der Waals surface area contributed by atoms with E-state index in [-0.39, 0.29) is 5.92 Å². The maximum absolute atomic E-state index is 11.6. The van der Waals surface area contributed by atoms with Gasteiger partial charge in [0.2, 0.25) is 0 Å². The van der Waals surface area contributed by atoms with Gasteiger partial charge in [0.05, 0.1) is 0 Å². The number of carbonyl (C=O) groups is 1. The van der Waals surface area contributed by atoms with Crippen LogP contribution < -0.4 is 0 Å². The highest BCUT2D eigenvalue weighted by Gasteiger charge is 2.28. The van der Waals surface area contributed by atoms with Crippen LogP contribution in [0.4, 0.5) is 0 Å². The van der Waals surface area contributed by atoms with E-state index in [1.807, 2.05) is 13.0 Å². The van der Waals surface area contributed by atoms with E-state index in [0.29, 0.717) is 18.2 Å². The van der Waals surface area contributed by atoms with Crippen LogP contribution in [0, 0.1) is 5.92 Å². The molecule has 0 spiro atoms. The Hall–Kier alpha value is -1.15. The average Bonchev–Trinajstić information content (AvgIpc) is 2.27. The van der Waals surface area contributed by atoms with Gasteiger partial charge in [-0.05, 0) is 12.5 Å². The van der Waals surface area contributed by atoms with Gasteiger partial charge in [-0.25, -0.2) is 0 Å². The average molecular weight is 217 g/mol. The summed E-state index contributed by atoms with van der Waals surface area (Å²) in [4.78, 5) is 14.0. The highest BCUT2D eigenvalue weighted by Crippen LogP contribution is 2.20. The van der Waals surface area contributed by atoms with Crippen LogP contribution in [0.5, 0.6) is 0 Å². The summed E-state index contributed by atoms with van der Waals surface area (Å²) in [6.07, 6.45) is 0.702. The fourth-order valence-electron chi connectivity index (χ4n) is 2.29. The maximum atomic E-state index is 11.6. The van der Waals surface area contributed by atoms with E-state index < -0.39 is 0 Å². The molecule has 0 aliphatic carbocycles. The van der Waals surface area contributed by atoms with Crippen molar-refractivity contribution in [3.8, 4) is 0 Å². The first-order valence-electron chi connectivity index (χ1n) is 5.97. The van der Waals surface area contributed by atoms with Crippen molar-refractivity contribution < 1.29 is 4.79 Å². The number of ketones is 1. The third-order valence-corrected chi connectivity index (χ3v) is 3.41. The normalized spacial score (nSPS) is 27.0. The van der Waals surface area contributed by atoms with Crippen LogP contribution in [0.3, 0.4) is 0 Å². The first kappa shape index (κ1) is 11.3. The minimum atomic E-state index is 0.194. The Balaban J connectivity index is 2.02. The molecule has 0 saturated carbocycles. The van der Waals surface area contributed by atoms with Gasteiger partial charge in [0.1, 0.15) is 5.78 Å². The molecule has 0 radical (unpaired) electrons. The molecule has 1 aliphatic rings. The lowest BCUT2D eigenvalue weighted by Crippen LogP contribution is -2.44. The molecule has 0 amide bonds. The van der Waals surface area contributed by atoms with E-state index >= 15 is 0 Å². The summed E-state index contributed by atoms with van der Waals surface area (Å²) in [7, 11) is 0. The van der Waals surface area contributed by atoms with Crippen molar-refractivity contribution in [2.24, 2.45) is 5.92 Å². The lowest BCUT2D eigenvalue weighted by molar-refractivity contribution is -0.127. The molecule has 1 heterocycles. The Morgan fingerprint density at radius 1 is 1.25 bits per heavy atom. The van der Waals surface area contributed by atoms with E-state index in [9.17, 15) is 4.79 Å².